The number of furan rings is 1. The van der Waals surface area contributed by atoms with Crippen LogP contribution in [-0.2, 0) is 19.7 Å². The van der Waals surface area contributed by atoms with Gasteiger partial charge in [0.2, 0.25) is 0 Å². The highest BCUT2D eigenvalue weighted by Crippen LogP contribution is 2.20. The van der Waals surface area contributed by atoms with E-state index in [4.69, 9.17) is 4.42 Å². The minimum Gasteiger partial charge on any atom is -0.472 e. The fraction of sp³-hybridized carbons (Fsp3) is 0.500. The number of piperidine rings is 1. The molecular formula is C12H16N2O6S. The summed E-state index contributed by atoms with van der Waals surface area (Å²) in [6.07, 6.45) is 3.18. The number of carbonyl (C=O) groups excluding carboxylic acids is 2. The van der Waals surface area contributed by atoms with Crippen LogP contribution in [0.2, 0.25) is 0 Å². The van der Waals surface area contributed by atoms with Gasteiger partial charge in [0.05, 0.1) is 24.9 Å². The zero-order valence-electron chi connectivity index (χ0n) is 11.4. The molecule has 1 aliphatic heterocycles. The van der Waals surface area contributed by atoms with Crippen LogP contribution >= 0.6 is 0 Å². The van der Waals surface area contributed by atoms with Crippen LogP contribution in [0.3, 0.4) is 0 Å². The third kappa shape index (κ3) is 3.61. The van der Waals surface area contributed by atoms with Crippen LogP contribution in [0.1, 0.15) is 23.2 Å². The lowest BCUT2D eigenvalue weighted by Gasteiger charge is -2.29. The van der Waals surface area contributed by atoms with Gasteiger partial charge >= 0.3 is 16.2 Å². The molecule has 2 heterocycles. The fourth-order valence-electron chi connectivity index (χ4n) is 2.13. The summed E-state index contributed by atoms with van der Waals surface area (Å²) in [6.45, 7) is 0.321. The van der Waals surface area contributed by atoms with Crippen LogP contribution in [0.5, 0.6) is 0 Å². The third-order valence-corrected chi connectivity index (χ3v) is 4.82. The fourth-order valence-corrected chi connectivity index (χ4v) is 3.31. The summed E-state index contributed by atoms with van der Waals surface area (Å²) in [4.78, 5) is 23.1. The average molecular weight is 316 g/mol. The molecule has 8 nitrogen and oxygen atoms in total. The van der Waals surface area contributed by atoms with Gasteiger partial charge in [0.25, 0.3) is 5.91 Å². The Balaban J connectivity index is 1.95. The summed E-state index contributed by atoms with van der Waals surface area (Å²) < 4.78 is 36.6. The molecule has 1 N–H and O–H groups in total. The lowest BCUT2D eigenvalue weighted by molar-refractivity contribution is -0.146. The first-order valence-corrected chi connectivity index (χ1v) is 7.80. The molecule has 0 bridgehead atoms. The maximum absolute atomic E-state index is 12.1. The molecule has 0 aliphatic carbocycles. The van der Waals surface area contributed by atoms with Crippen molar-refractivity contribution in [2.24, 2.45) is 5.92 Å². The van der Waals surface area contributed by atoms with E-state index in [1.54, 1.807) is 0 Å². The first-order chi connectivity index (χ1) is 9.94. The van der Waals surface area contributed by atoms with E-state index in [0.717, 1.165) is 10.6 Å². The number of hydrogen-bond acceptors (Lipinski definition) is 6. The van der Waals surface area contributed by atoms with E-state index in [1.165, 1.54) is 19.4 Å². The molecule has 0 saturated carbocycles. The van der Waals surface area contributed by atoms with Crippen molar-refractivity contribution in [3.63, 3.8) is 0 Å². The molecular weight excluding hydrogens is 300 g/mol. The van der Waals surface area contributed by atoms with E-state index in [2.05, 4.69) is 4.74 Å². The van der Waals surface area contributed by atoms with Crippen LogP contribution < -0.4 is 4.72 Å². The average Bonchev–Trinajstić information content (AvgIpc) is 3.00. The zero-order chi connectivity index (χ0) is 15.5. The topological polar surface area (TPSA) is 106 Å². The van der Waals surface area contributed by atoms with E-state index < -0.39 is 16.1 Å². The number of carbonyl (C=O) groups is 2. The number of amides is 1. The van der Waals surface area contributed by atoms with Crippen molar-refractivity contribution in [1.29, 1.82) is 0 Å². The highest BCUT2D eigenvalue weighted by Gasteiger charge is 2.32. The van der Waals surface area contributed by atoms with E-state index in [9.17, 15) is 18.0 Å². The Morgan fingerprint density at radius 1 is 1.38 bits per heavy atom. The first-order valence-electron chi connectivity index (χ1n) is 6.36. The van der Waals surface area contributed by atoms with Crippen molar-refractivity contribution in [2.45, 2.75) is 12.8 Å². The molecule has 116 valence electrons. The second-order valence-electron chi connectivity index (χ2n) is 4.64. The number of hydrogen-bond donors (Lipinski definition) is 1. The van der Waals surface area contributed by atoms with Gasteiger partial charge in [-0.2, -0.15) is 12.7 Å². The normalized spacial score (nSPS) is 17.4. The molecule has 0 unspecified atom stereocenters. The van der Waals surface area contributed by atoms with Gasteiger partial charge in [-0.1, -0.05) is 0 Å². The van der Waals surface area contributed by atoms with Crippen molar-refractivity contribution in [3.8, 4) is 0 Å². The SMILES string of the molecule is COC(=O)C1CCN(S(=O)(=O)NC(=O)c2ccoc2)CC1. The Kier molecular flexibility index (Phi) is 4.63. The molecule has 0 aromatic carbocycles. The number of nitrogens with one attached hydrogen (secondary N) is 1. The molecule has 0 spiro atoms. The summed E-state index contributed by atoms with van der Waals surface area (Å²) >= 11 is 0. The molecule has 1 amide bonds. The maximum atomic E-state index is 12.1. The molecule has 1 aliphatic rings. The van der Waals surface area contributed by atoms with Gasteiger partial charge in [0, 0.05) is 13.1 Å². The molecule has 1 aromatic heterocycles. The smallest absolute Gasteiger partial charge is 0.308 e. The van der Waals surface area contributed by atoms with Gasteiger partial charge in [-0.3, -0.25) is 9.59 Å². The number of esters is 1. The van der Waals surface area contributed by atoms with E-state index in [0.29, 0.717) is 12.8 Å². The largest absolute Gasteiger partial charge is 0.472 e. The maximum Gasteiger partial charge on any atom is 0.308 e. The molecule has 0 atom stereocenters. The molecule has 21 heavy (non-hydrogen) atoms. The summed E-state index contributed by atoms with van der Waals surface area (Å²) in [6, 6.07) is 1.37. The number of rotatable bonds is 4. The Hall–Kier alpha value is -1.87. The van der Waals surface area contributed by atoms with Crippen LogP contribution in [0.25, 0.3) is 0 Å². The number of nitrogens with zero attached hydrogens (tertiary/aromatic N) is 1. The van der Waals surface area contributed by atoms with Crippen LogP contribution in [0.15, 0.2) is 23.0 Å². The second kappa shape index (κ2) is 6.27. The quantitative estimate of drug-likeness (QED) is 0.792. The summed E-state index contributed by atoms with van der Waals surface area (Å²) in [5.74, 6) is -1.39. The van der Waals surface area contributed by atoms with Crippen LogP contribution in [0.4, 0.5) is 0 Å². The number of methoxy groups -OCH3 is 1. The lowest BCUT2D eigenvalue weighted by Crippen LogP contribution is -2.47. The van der Waals surface area contributed by atoms with Crippen LogP contribution in [-0.4, -0.2) is 44.8 Å². The van der Waals surface area contributed by atoms with E-state index >= 15 is 0 Å². The van der Waals surface area contributed by atoms with Crippen molar-refractivity contribution in [1.82, 2.24) is 9.03 Å². The Labute approximate surface area is 122 Å². The first kappa shape index (κ1) is 15.5. The van der Waals surface area contributed by atoms with Gasteiger partial charge in [-0.05, 0) is 18.9 Å². The van der Waals surface area contributed by atoms with E-state index in [1.807, 2.05) is 4.72 Å². The third-order valence-electron chi connectivity index (χ3n) is 3.33. The molecule has 1 fully saturated rings. The van der Waals surface area contributed by atoms with Gasteiger partial charge in [-0.25, -0.2) is 4.72 Å². The van der Waals surface area contributed by atoms with Crippen molar-refractivity contribution in [3.05, 3.63) is 24.2 Å². The van der Waals surface area contributed by atoms with Crippen molar-refractivity contribution in [2.75, 3.05) is 20.2 Å². The highest BCUT2D eigenvalue weighted by molar-refractivity contribution is 7.87. The predicted molar refractivity (Wildman–Crippen MR) is 71.4 cm³/mol. The zero-order valence-corrected chi connectivity index (χ0v) is 12.3. The Morgan fingerprint density at radius 2 is 2.05 bits per heavy atom. The standard InChI is InChI=1S/C12H16N2O6S/c1-19-12(16)9-2-5-14(6-3-9)21(17,18)13-11(15)10-4-7-20-8-10/h4,7-9H,2-3,5-6H2,1H3,(H,13,15). The monoisotopic (exact) mass is 316 g/mol. The molecule has 9 heteroatoms. The Bertz CT molecular complexity index is 602. The molecule has 2 rings (SSSR count). The van der Waals surface area contributed by atoms with Crippen molar-refractivity contribution < 1.29 is 27.2 Å². The molecule has 0 radical (unpaired) electrons. The lowest BCUT2D eigenvalue weighted by atomic mass is 9.99. The van der Waals surface area contributed by atoms with Gasteiger partial charge in [-0.15, -0.1) is 0 Å². The number of ether oxygens (including phenoxy) is 1. The van der Waals surface area contributed by atoms with Gasteiger partial charge in [0.1, 0.15) is 6.26 Å². The van der Waals surface area contributed by atoms with Gasteiger partial charge in [0.15, 0.2) is 0 Å². The van der Waals surface area contributed by atoms with Crippen molar-refractivity contribution >= 4 is 22.1 Å². The van der Waals surface area contributed by atoms with Gasteiger partial charge < -0.3 is 9.15 Å². The summed E-state index contributed by atoms with van der Waals surface area (Å²) in [5, 5.41) is 0. The highest BCUT2D eigenvalue weighted by atomic mass is 32.2. The molecule has 1 aromatic rings. The minimum absolute atomic E-state index is 0.128. The second-order valence-corrected chi connectivity index (χ2v) is 6.32. The summed E-state index contributed by atoms with van der Waals surface area (Å²) in [5.41, 5.74) is 0.128. The Morgan fingerprint density at radius 3 is 2.57 bits per heavy atom. The molecule has 1 saturated heterocycles. The predicted octanol–water partition coefficient (Wildman–Crippen LogP) is 0.139. The van der Waals surface area contributed by atoms with Crippen LogP contribution in [0, 0.1) is 5.92 Å². The minimum atomic E-state index is -3.92. The summed E-state index contributed by atoms with van der Waals surface area (Å²) in [7, 11) is -2.62. The van der Waals surface area contributed by atoms with E-state index in [-0.39, 0.29) is 30.5 Å².